The lowest BCUT2D eigenvalue weighted by atomic mass is 9.52. The molecule has 2 spiro atoms. The van der Waals surface area contributed by atoms with Crippen molar-refractivity contribution in [1.29, 1.82) is 0 Å². The number of quaternary nitrogens is 2. The minimum absolute atomic E-state index is 0. The fourth-order valence-electron chi connectivity index (χ4n) is 17.5. The summed E-state index contributed by atoms with van der Waals surface area (Å²) in [5.41, 5.74) is 10.3. The first-order valence-electron chi connectivity index (χ1n) is 21.7. The molecule has 5 saturated heterocycles. The van der Waals surface area contributed by atoms with Crippen LogP contribution in [0.15, 0.2) is 71.8 Å². The summed E-state index contributed by atoms with van der Waals surface area (Å²) in [5.74, 6) is 3.91. The van der Waals surface area contributed by atoms with Gasteiger partial charge in [0.25, 0.3) is 0 Å². The lowest BCUT2D eigenvalue weighted by molar-refractivity contribution is -0.944. The topological polar surface area (TPSA) is 24.9 Å². The lowest BCUT2D eigenvalue weighted by Gasteiger charge is -2.65. The van der Waals surface area contributed by atoms with Crippen LogP contribution in [0.25, 0.3) is 0 Å². The van der Waals surface area contributed by atoms with Crippen LogP contribution in [0, 0.1) is 35.5 Å². The lowest BCUT2D eigenvalue weighted by Crippen LogP contribution is -3.00. The summed E-state index contributed by atoms with van der Waals surface area (Å²) in [7, 11) is 0. The molecular formula is C46H54Br2N4O2. The molecular weight excluding hydrogens is 800 g/mol. The fourth-order valence-corrected chi connectivity index (χ4v) is 17.5. The Hall–Kier alpha value is -1.68. The van der Waals surface area contributed by atoms with Gasteiger partial charge in [0.05, 0.1) is 62.3 Å². The first kappa shape index (κ1) is 33.3. The molecule has 9 heterocycles. The smallest absolute Gasteiger partial charge is 0.136 e. The summed E-state index contributed by atoms with van der Waals surface area (Å²) >= 11 is 0. The van der Waals surface area contributed by atoms with Crippen molar-refractivity contribution >= 4 is 11.4 Å². The van der Waals surface area contributed by atoms with Crippen LogP contribution in [0.5, 0.6) is 0 Å². The first-order chi connectivity index (χ1) is 25.6. The van der Waals surface area contributed by atoms with Gasteiger partial charge in [-0.1, -0.05) is 48.6 Å². The number of anilines is 2. The maximum Gasteiger partial charge on any atom is 0.136 e. The number of halogens is 2. The molecule has 4 aliphatic carbocycles. The molecule has 0 radical (unpaired) electrons. The van der Waals surface area contributed by atoms with E-state index < -0.39 is 0 Å². The number of para-hydroxylation sites is 2. The Bertz CT molecular complexity index is 1910. The Morgan fingerprint density at radius 1 is 0.611 bits per heavy atom. The minimum atomic E-state index is 0. The van der Waals surface area contributed by atoms with Crippen molar-refractivity contribution in [2.75, 3.05) is 62.3 Å². The first-order valence-corrected chi connectivity index (χ1v) is 21.7. The maximum atomic E-state index is 7.61. The molecule has 15 rings (SSSR count). The highest BCUT2D eigenvalue weighted by molar-refractivity contribution is 5.72. The van der Waals surface area contributed by atoms with Gasteiger partial charge in [-0.25, -0.2) is 0 Å². The highest BCUT2D eigenvalue weighted by Crippen LogP contribution is 2.73. The third-order valence-electron chi connectivity index (χ3n) is 19.1. The van der Waals surface area contributed by atoms with E-state index in [9.17, 15) is 0 Å². The summed E-state index contributed by atoms with van der Waals surface area (Å²) < 4.78 is 17.9. The van der Waals surface area contributed by atoms with Crippen molar-refractivity contribution in [3.63, 3.8) is 0 Å². The van der Waals surface area contributed by atoms with Gasteiger partial charge in [0.15, 0.2) is 0 Å². The van der Waals surface area contributed by atoms with Crippen LogP contribution in [-0.2, 0) is 20.3 Å². The Morgan fingerprint density at radius 3 is 1.50 bits per heavy atom. The summed E-state index contributed by atoms with van der Waals surface area (Å²) in [6, 6.07) is 22.0. The van der Waals surface area contributed by atoms with Gasteiger partial charge >= 0.3 is 0 Å². The number of benzene rings is 2. The van der Waals surface area contributed by atoms with Gasteiger partial charge in [0, 0.05) is 72.6 Å². The van der Waals surface area contributed by atoms with Crippen LogP contribution in [0.1, 0.15) is 62.5 Å². The number of piperidine rings is 2. The van der Waals surface area contributed by atoms with Crippen LogP contribution >= 0.6 is 0 Å². The average molecular weight is 855 g/mol. The minimum Gasteiger partial charge on any atom is -1.00 e. The number of fused-ring (bicyclic) bond motifs is 6. The van der Waals surface area contributed by atoms with Gasteiger partial charge in [-0.3, -0.25) is 0 Å². The van der Waals surface area contributed by atoms with E-state index in [2.05, 4.69) is 70.5 Å². The van der Waals surface area contributed by atoms with Gasteiger partial charge < -0.3 is 62.2 Å². The standard InChI is InChI=1S/C46H54N4O2.2BrH/c1-3-7-35-33(5-1)45-15-17-49(23-27-9-10-27)25-29-14-20-52-44-39(31(29)21-37(45)49)41(45)47(35)43-40-32-22-38-46(34-6-2-4-8-36(34)48(44)42(40)46)16-18-50(38,24-28-11-12-28)26-30(32)13-19-51-43;;/h1-8,13-14,27-28,31-32,37-44H,9-12,15-26H2;2*1H/q+2;;/p-2/t31?,32?,37?,38?,39?,40?,41?,42?,43?,44?,45?,46?,49-,50-;;/m1../s1. The van der Waals surface area contributed by atoms with E-state index in [0.29, 0.717) is 47.8 Å². The molecule has 0 amide bonds. The SMILES string of the molecule is C1=C2C[N@+]3(CC4CC4)CCC45c6ccccc6N6C7OCC=C8C[N@+]9(CC%10CC%10)CCC%10%11c%12ccccc%12N(C(OC1)C(C2CC43)C65)C%10C7C8CC%119.[Br-].[Br-]. The summed E-state index contributed by atoms with van der Waals surface area (Å²) in [4.78, 5) is 6.10. The van der Waals surface area contributed by atoms with Crippen LogP contribution in [0.3, 0.4) is 0 Å². The molecule has 0 aromatic heterocycles. The summed E-state index contributed by atoms with van der Waals surface area (Å²) in [6.07, 6.45) is 16.6. The zero-order chi connectivity index (χ0) is 33.3. The average Bonchev–Trinajstić information content (AvgIpc) is 4.07. The third-order valence-corrected chi connectivity index (χ3v) is 19.1. The van der Waals surface area contributed by atoms with Crippen molar-refractivity contribution in [2.24, 2.45) is 35.5 Å². The van der Waals surface area contributed by atoms with Gasteiger partial charge in [0.2, 0.25) is 0 Å². The van der Waals surface area contributed by atoms with E-state index in [1.165, 1.54) is 111 Å². The highest BCUT2D eigenvalue weighted by atomic mass is 79.9. The molecule has 4 saturated carbocycles. The van der Waals surface area contributed by atoms with Crippen molar-refractivity contribution in [3.8, 4) is 0 Å². The number of nitrogens with zero attached hydrogens (tertiary/aromatic N) is 4. The fraction of sp³-hybridized carbons (Fsp3) is 0.652. The van der Waals surface area contributed by atoms with Gasteiger partial charge in [-0.15, -0.1) is 0 Å². The second kappa shape index (κ2) is 10.7. The molecule has 284 valence electrons. The molecule has 13 aliphatic rings. The number of hydrogen-bond acceptors (Lipinski definition) is 4. The van der Waals surface area contributed by atoms with Gasteiger partial charge in [-0.2, -0.15) is 0 Å². The Balaban J connectivity index is 0.00000156. The predicted octanol–water partition coefficient (Wildman–Crippen LogP) is 0.124. The third kappa shape index (κ3) is 3.60. The highest BCUT2D eigenvalue weighted by Gasteiger charge is 2.81. The molecule has 0 N–H and O–H groups in total. The van der Waals surface area contributed by atoms with Crippen LogP contribution < -0.4 is 43.8 Å². The molecule has 8 heteroatoms. The van der Waals surface area contributed by atoms with Crippen molar-refractivity contribution in [1.82, 2.24) is 0 Å². The van der Waals surface area contributed by atoms with E-state index in [4.69, 9.17) is 9.47 Å². The predicted molar refractivity (Wildman–Crippen MR) is 200 cm³/mol. The van der Waals surface area contributed by atoms with E-state index >= 15 is 0 Å². The Morgan fingerprint density at radius 2 is 1.06 bits per heavy atom. The molecule has 4 bridgehead atoms. The van der Waals surface area contributed by atoms with Crippen molar-refractivity contribution < 1.29 is 52.4 Å². The number of rotatable bonds is 4. The van der Waals surface area contributed by atoms with Crippen molar-refractivity contribution in [2.45, 2.75) is 98.8 Å². The van der Waals surface area contributed by atoms with E-state index in [1.807, 2.05) is 0 Å². The largest absolute Gasteiger partial charge is 1.00 e. The zero-order valence-corrected chi connectivity index (χ0v) is 34.5. The van der Waals surface area contributed by atoms with E-state index in [-0.39, 0.29) is 57.2 Å². The van der Waals surface area contributed by atoms with E-state index in [1.54, 1.807) is 22.3 Å². The van der Waals surface area contributed by atoms with Crippen LogP contribution in [0.4, 0.5) is 11.4 Å². The molecule has 12 unspecified atom stereocenters. The normalized spacial score (nSPS) is 49.6. The zero-order valence-electron chi connectivity index (χ0n) is 31.4. The molecule has 6 nitrogen and oxygen atoms in total. The van der Waals surface area contributed by atoms with E-state index in [0.717, 1.165) is 25.0 Å². The molecule has 9 aliphatic heterocycles. The number of ether oxygens (including phenoxy) is 2. The Kier molecular flexibility index (Phi) is 6.59. The Labute approximate surface area is 341 Å². The number of hydrogen-bond donors (Lipinski definition) is 0. The maximum absolute atomic E-state index is 7.61. The van der Waals surface area contributed by atoms with Crippen LogP contribution in [-0.4, -0.2) is 98.1 Å². The quantitative estimate of drug-likeness (QED) is 0.323. The summed E-state index contributed by atoms with van der Waals surface area (Å²) in [6.45, 7) is 9.63. The second-order valence-corrected chi connectivity index (χ2v) is 20.6. The molecule has 9 fully saturated rings. The van der Waals surface area contributed by atoms with Crippen LogP contribution in [0.2, 0.25) is 0 Å². The molecule has 2 aromatic carbocycles. The van der Waals surface area contributed by atoms with Gasteiger partial charge in [0.1, 0.15) is 37.6 Å². The van der Waals surface area contributed by atoms with Gasteiger partial charge in [-0.05, 0) is 60.1 Å². The molecule has 2 aromatic rings. The summed E-state index contributed by atoms with van der Waals surface area (Å²) in [5, 5.41) is 0. The molecule has 54 heavy (non-hydrogen) atoms. The van der Waals surface area contributed by atoms with Crippen molar-refractivity contribution in [3.05, 3.63) is 83.0 Å². The monoisotopic (exact) mass is 852 g/mol. The molecule has 14 atom stereocenters. The second-order valence-electron chi connectivity index (χ2n) is 20.6.